The highest BCUT2D eigenvalue weighted by atomic mass is 32.2. The Morgan fingerprint density at radius 3 is 2.52 bits per heavy atom. The first-order valence-electron chi connectivity index (χ1n) is 10.2. The predicted octanol–water partition coefficient (Wildman–Crippen LogP) is 4.92. The predicted molar refractivity (Wildman–Crippen MR) is 122 cm³/mol. The first-order chi connectivity index (χ1) is 15.0. The Morgan fingerprint density at radius 2 is 1.87 bits per heavy atom. The molecule has 1 N–H and O–H groups in total. The van der Waals surface area contributed by atoms with Crippen LogP contribution in [0.15, 0.2) is 70.9 Å². The first-order valence-corrected chi connectivity index (χ1v) is 12.5. The molecule has 0 aliphatic carbocycles. The Kier molecular flexibility index (Phi) is 6.29. The Hall–Kier alpha value is -2.84. The molecule has 4 rings (SSSR count). The minimum atomic E-state index is -3.73. The van der Waals surface area contributed by atoms with Crippen LogP contribution in [0.5, 0.6) is 5.75 Å². The van der Waals surface area contributed by atoms with E-state index in [-0.39, 0.29) is 16.8 Å². The summed E-state index contributed by atoms with van der Waals surface area (Å²) in [6, 6.07) is 17.0. The molecule has 8 heteroatoms. The summed E-state index contributed by atoms with van der Waals surface area (Å²) >= 11 is 1.67. The number of carbonyl (C=O) groups excluding carboxylic acids is 1. The van der Waals surface area contributed by atoms with Gasteiger partial charge in [0.05, 0.1) is 17.5 Å². The van der Waals surface area contributed by atoms with Crippen molar-refractivity contribution in [1.82, 2.24) is 4.90 Å². The third-order valence-electron chi connectivity index (χ3n) is 5.21. The molecule has 1 amide bonds. The zero-order chi connectivity index (χ0) is 21.8. The van der Waals surface area contributed by atoms with Gasteiger partial charge in [-0.15, -0.1) is 11.3 Å². The van der Waals surface area contributed by atoms with Crippen LogP contribution in [0.1, 0.15) is 41.0 Å². The normalized spacial score (nSPS) is 16.3. The standard InChI is InChI=1S/C23H24N2O4S2/c1-2-29-19-11-13-20(14-12-19)31(27,28)24-18-9-7-17(8-10-18)23(26)25-15-3-5-21(25)22-6-4-16-30-22/h4,6-14,16,21,24H,2-3,5,15H2,1H3. The lowest BCUT2D eigenvalue weighted by atomic mass is 10.1. The van der Waals surface area contributed by atoms with Gasteiger partial charge < -0.3 is 9.64 Å². The Labute approximate surface area is 186 Å². The third kappa shape index (κ3) is 4.75. The lowest BCUT2D eigenvalue weighted by molar-refractivity contribution is 0.0738. The SMILES string of the molecule is CCOc1ccc(S(=O)(=O)Nc2ccc(C(=O)N3CCCC3c3cccs3)cc2)cc1. The van der Waals surface area contributed by atoms with Crippen LogP contribution in [-0.2, 0) is 10.0 Å². The molecule has 1 atom stereocenters. The number of likely N-dealkylation sites (tertiary alicyclic amines) is 1. The van der Waals surface area contributed by atoms with Gasteiger partial charge in [-0.2, -0.15) is 0 Å². The summed E-state index contributed by atoms with van der Waals surface area (Å²) in [5.74, 6) is 0.587. The van der Waals surface area contributed by atoms with Crippen molar-refractivity contribution in [1.29, 1.82) is 0 Å². The monoisotopic (exact) mass is 456 g/mol. The molecule has 0 radical (unpaired) electrons. The number of rotatable bonds is 7. The molecule has 31 heavy (non-hydrogen) atoms. The van der Waals surface area contributed by atoms with Crippen LogP contribution in [0, 0.1) is 0 Å². The molecule has 1 aromatic heterocycles. The van der Waals surface area contributed by atoms with Gasteiger partial charge in [0, 0.05) is 22.7 Å². The van der Waals surface area contributed by atoms with Crippen molar-refractivity contribution in [3.63, 3.8) is 0 Å². The van der Waals surface area contributed by atoms with Crippen molar-refractivity contribution in [3.05, 3.63) is 76.5 Å². The van der Waals surface area contributed by atoms with E-state index in [0.29, 0.717) is 23.6 Å². The Morgan fingerprint density at radius 1 is 1.13 bits per heavy atom. The summed E-state index contributed by atoms with van der Waals surface area (Å²) in [4.78, 5) is 16.3. The molecule has 1 fully saturated rings. The second kappa shape index (κ2) is 9.11. The summed E-state index contributed by atoms with van der Waals surface area (Å²) in [5, 5.41) is 2.03. The number of sulfonamides is 1. The van der Waals surface area contributed by atoms with Crippen LogP contribution >= 0.6 is 11.3 Å². The van der Waals surface area contributed by atoms with E-state index in [9.17, 15) is 13.2 Å². The van der Waals surface area contributed by atoms with Crippen LogP contribution in [0.4, 0.5) is 5.69 Å². The van der Waals surface area contributed by atoms with Crippen LogP contribution in [0.25, 0.3) is 0 Å². The third-order valence-corrected chi connectivity index (χ3v) is 7.59. The van der Waals surface area contributed by atoms with Gasteiger partial charge in [0.2, 0.25) is 0 Å². The number of carbonyl (C=O) groups is 1. The second-order valence-electron chi connectivity index (χ2n) is 7.26. The van der Waals surface area contributed by atoms with Gasteiger partial charge in [-0.25, -0.2) is 8.42 Å². The quantitative estimate of drug-likeness (QED) is 0.547. The van der Waals surface area contributed by atoms with E-state index in [0.717, 1.165) is 19.4 Å². The van der Waals surface area contributed by atoms with Gasteiger partial charge in [-0.3, -0.25) is 9.52 Å². The van der Waals surface area contributed by atoms with E-state index in [4.69, 9.17) is 4.74 Å². The number of nitrogens with one attached hydrogen (secondary N) is 1. The van der Waals surface area contributed by atoms with Gasteiger partial charge in [-0.05, 0) is 79.7 Å². The van der Waals surface area contributed by atoms with Crippen molar-refractivity contribution in [2.45, 2.75) is 30.7 Å². The minimum absolute atomic E-state index is 0.0307. The molecular weight excluding hydrogens is 432 g/mol. The number of hydrogen-bond acceptors (Lipinski definition) is 5. The van der Waals surface area contributed by atoms with Crippen molar-refractivity contribution in [2.24, 2.45) is 0 Å². The molecule has 0 spiro atoms. The molecular formula is C23H24N2O4S2. The first kappa shape index (κ1) is 21.4. The fourth-order valence-corrected chi connectivity index (χ4v) is 5.66. The fourth-order valence-electron chi connectivity index (χ4n) is 3.73. The lowest BCUT2D eigenvalue weighted by Gasteiger charge is -2.24. The lowest BCUT2D eigenvalue weighted by Crippen LogP contribution is -2.30. The van der Waals surface area contributed by atoms with E-state index in [1.165, 1.54) is 17.0 Å². The number of anilines is 1. The maximum absolute atomic E-state index is 13.0. The molecule has 1 aliphatic rings. The number of hydrogen-bond donors (Lipinski definition) is 1. The number of thiophene rings is 1. The van der Waals surface area contributed by atoms with E-state index < -0.39 is 10.0 Å². The van der Waals surface area contributed by atoms with Gasteiger partial charge in [-0.1, -0.05) is 6.07 Å². The molecule has 1 saturated heterocycles. The summed E-state index contributed by atoms with van der Waals surface area (Å²) in [5.41, 5.74) is 0.953. The average Bonchev–Trinajstić information content (AvgIpc) is 3.46. The van der Waals surface area contributed by atoms with E-state index in [1.807, 2.05) is 23.3 Å². The van der Waals surface area contributed by atoms with Crippen LogP contribution in [0.3, 0.4) is 0 Å². The number of benzene rings is 2. The van der Waals surface area contributed by atoms with E-state index >= 15 is 0 Å². The average molecular weight is 457 g/mol. The molecule has 0 bridgehead atoms. The van der Waals surface area contributed by atoms with Crippen molar-refractivity contribution in [3.8, 4) is 5.75 Å². The highest BCUT2D eigenvalue weighted by Crippen LogP contribution is 2.35. The van der Waals surface area contributed by atoms with Crippen LogP contribution in [-0.4, -0.2) is 32.4 Å². The molecule has 162 valence electrons. The number of ether oxygens (including phenoxy) is 1. The zero-order valence-corrected chi connectivity index (χ0v) is 18.8. The molecule has 6 nitrogen and oxygen atoms in total. The summed E-state index contributed by atoms with van der Waals surface area (Å²) in [7, 11) is -3.73. The van der Waals surface area contributed by atoms with Crippen molar-refractivity contribution in [2.75, 3.05) is 17.9 Å². The minimum Gasteiger partial charge on any atom is -0.494 e. The molecule has 2 aromatic carbocycles. The van der Waals surface area contributed by atoms with Gasteiger partial charge >= 0.3 is 0 Å². The molecule has 1 aliphatic heterocycles. The van der Waals surface area contributed by atoms with Crippen molar-refractivity contribution >= 4 is 33.0 Å². The highest BCUT2D eigenvalue weighted by Gasteiger charge is 2.31. The van der Waals surface area contributed by atoms with Gasteiger partial charge in [0.15, 0.2) is 0 Å². The molecule has 2 heterocycles. The summed E-state index contributed by atoms with van der Waals surface area (Å²) in [6.45, 7) is 3.11. The zero-order valence-electron chi connectivity index (χ0n) is 17.2. The van der Waals surface area contributed by atoms with Crippen molar-refractivity contribution < 1.29 is 17.9 Å². The maximum atomic E-state index is 13.0. The Balaban J connectivity index is 1.46. The van der Waals surface area contributed by atoms with E-state index in [2.05, 4.69) is 10.8 Å². The Bertz CT molecular complexity index is 1130. The summed E-state index contributed by atoms with van der Waals surface area (Å²) < 4.78 is 33.2. The number of nitrogens with zero attached hydrogens (tertiary/aromatic N) is 1. The fraction of sp³-hybridized carbons (Fsp3) is 0.261. The summed E-state index contributed by atoms with van der Waals surface area (Å²) in [6.07, 6.45) is 1.94. The molecule has 0 saturated carbocycles. The van der Waals surface area contributed by atoms with E-state index in [1.54, 1.807) is 47.7 Å². The molecule has 3 aromatic rings. The molecule has 1 unspecified atom stereocenters. The van der Waals surface area contributed by atoms with Crippen LogP contribution < -0.4 is 9.46 Å². The maximum Gasteiger partial charge on any atom is 0.261 e. The van der Waals surface area contributed by atoms with Crippen LogP contribution in [0.2, 0.25) is 0 Å². The second-order valence-corrected chi connectivity index (χ2v) is 9.92. The van der Waals surface area contributed by atoms with Gasteiger partial charge in [0.25, 0.3) is 15.9 Å². The highest BCUT2D eigenvalue weighted by molar-refractivity contribution is 7.92. The van der Waals surface area contributed by atoms with Gasteiger partial charge in [0.1, 0.15) is 5.75 Å². The smallest absolute Gasteiger partial charge is 0.261 e. The largest absolute Gasteiger partial charge is 0.494 e. The number of amides is 1. The topological polar surface area (TPSA) is 75.7 Å².